The summed E-state index contributed by atoms with van der Waals surface area (Å²) in [6.07, 6.45) is 1.13. The first-order valence-electron chi connectivity index (χ1n) is 5.96. The number of nitrogens with one attached hydrogen (secondary N) is 2. The smallest absolute Gasteiger partial charge is 0.0705 e. The molecule has 3 heteroatoms. The molecular formula is C13H20N2O. The predicted molar refractivity (Wildman–Crippen MR) is 66.3 cm³/mol. The maximum absolute atomic E-state index is 5.38. The van der Waals surface area contributed by atoms with Gasteiger partial charge in [0.25, 0.3) is 0 Å². The van der Waals surface area contributed by atoms with Crippen LogP contribution < -0.4 is 10.8 Å². The molecule has 1 aromatic rings. The summed E-state index contributed by atoms with van der Waals surface area (Å²) in [5.41, 5.74) is 7.03. The van der Waals surface area contributed by atoms with Crippen LogP contribution in [-0.2, 0) is 17.8 Å². The summed E-state index contributed by atoms with van der Waals surface area (Å²) in [5, 5.41) is 3.42. The van der Waals surface area contributed by atoms with Crippen LogP contribution in [0, 0.1) is 5.92 Å². The number of hydroxylamine groups is 1. The molecule has 0 amide bonds. The summed E-state index contributed by atoms with van der Waals surface area (Å²) in [4.78, 5) is 5.38. The zero-order valence-corrected chi connectivity index (χ0v) is 10.0. The van der Waals surface area contributed by atoms with Crippen molar-refractivity contribution in [2.24, 2.45) is 5.92 Å². The van der Waals surface area contributed by atoms with Gasteiger partial charge in [0, 0.05) is 18.8 Å². The lowest BCUT2D eigenvalue weighted by molar-refractivity contribution is 0.0197. The van der Waals surface area contributed by atoms with E-state index in [2.05, 4.69) is 42.8 Å². The average molecular weight is 220 g/mol. The van der Waals surface area contributed by atoms with Crippen LogP contribution >= 0.6 is 0 Å². The summed E-state index contributed by atoms with van der Waals surface area (Å²) >= 11 is 0. The molecule has 2 rings (SSSR count). The highest BCUT2D eigenvalue weighted by Crippen LogP contribution is 2.26. The third-order valence-electron chi connectivity index (χ3n) is 2.71. The Morgan fingerprint density at radius 2 is 2.31 bits per heavy atom. The minimum atomic E-state index is 0.562. The minimum Gasteiger partial charge on any atom is -0.384 e. The van der Waals surface area contributed by atoms with Crippen molar-refractivity contribution in [2.75, 3.05) is 18.5 Å². The number of fused-ring (bicyclic) bond motifs is 1. The Balaban J connectivity index is 1.88. The van der Waals surface area contributed by atoms with E-state index in [1.54, 1.807) is 0 Å². The number of anilines is 1. The van der Waals surface area contributed by atoms with Gasteiger partial charge in [-0.25, -0.2) is 0 Å². The van der Waals surface area contributed by atoms with Crippen molar-refractivity contribution in [1.29, 1.82) is 0 Å². The van der Waals surface area contributed by atoms with Gasteiger partial charge in [-0.1, -0.05) is 32.0 Å². The Kier molecular flexibility index (Phi) is 3.80. The van der Waals surface area contributed by atoms with Gasteiger partial charge in [0.1, 0.15) is 0 Å². The molecular weight excluding hydrogens is 200 g/mol. The number of benzene rings is 1. The Morgan fingerprint density at radius 1 is 1.44 bits per heavy atom. The van der Waals surface area contributed by atoms with Crippen molar-refractivity contribution in [1.82, 2.24) is 5.48 Å². The molecule has 0 unspecified atom stereocenters. The summed E-state index contributed by atoms with van der Waals surface area (Å²) in [6, 6.07) is 6.45. The van der Waals surface area contributed by atoms with Gasteiger partial charge in [-0.3, -0.25) is 0 Å². The van der Waals surface area contributed by atoms with Gasteiger partial charge in [0.05, 0.1) is 6.61 Å². The van der Waals surface area contributed by atoms with Crippen LogP contribution in [0.1, 0.15) is 25.0 Å². The molecule has 1 aliphatic heterocycles. The normalized spacial score (nSPS) is 13.9. The molecule has 0 spiro atoms. The van der Waals surface area contributed by atoms with E-state index in [0.717, 1.165) is 26.1 Å². The maximum Gasteiger partial charge on any atom is 0.0705 e. The largest absolute Gasteiger partial charge is 0.384 e. The van der Waals surface area contributed by atoms with Gasteiger partial charge in [-0.05, 0) is 23.5 Å². The van der Waals surface area contributed by atoms with Gasteiger partial charge in [0.2, 0.25) is 0 Å². The number of para-hydroxylation sites is 1. The van der Waals surface area contributed by atoms with Crippen LogP contribution in [0.25, 0.3) is 0 Å². The summed E-state index contributed by atoms with van der Waals surface area (Å²) in [7, 11) is 0. The van der Waals surface area contributed by atoms with Gasteiger partial charge in [-0.15, -0.1) is 0 Å². The molecule has 1 aliphatic rings. The first-order valence-corrected chi connectivity index (χ1v) is 5.96. The molecule has 2 N–H and O–H groups in total. The molecule has 3 nitrogen and oxygen atoms in total. The van der Waals surface area contributed by atoms with E-state index in [9.17, 15) is 0 Å². The van der Waals surface area contributed by atoms with Crippen LogP contribution in [-0.4, -0.2) is 13.2 Å². The molecule has 16 heavy (non-hydrogen) atoms. The van der Waals surface area contributed by atoms with E-state index in [0.29, 0.717) is 5.92 Å². The lowest BCUT2D eigenvalue weighted by Crippen LogP contribution is -2.18. The highest BCUT2D eigenvalue weighted by atomic mass is 16.6. The minimum absolute atomic E-state index is 0.562. The molecule has 88 valence electrons. The number of rotatable bonds is 5. The third-order valence-corrected chi connectivity index (χ3v) is 2.71. The summed E-state index contributed by atoms with van der Waals surface area (Å²) in [5.74, 6) is 0.562. The molecule has 1 heterocycles. The van der Waals surface area contributed by atoms with Crippen molar-refractivity contribution in [3.63, 3.8) is 0 Å². The van der Waals surface area contributed by atoms with Crippen LogP contribution in [0.4, 0.5) is 5.69 Å². The van der Waals surface area contributed by atoms with Gasteiger partial charge in [0.15, 0.2) is 0 Å². The van der Waals surface area contributed by atoms with Crippen LogP contribution in [0.3, 0.4) is 0 Å². The average Bonchev–Trinajstić information content (AvgIpc) is 2.72. The van der Waals surface area contributed by atoms with Crippen molar-refractivity contribution < 1.29 is 4.84 Å². The van der Waals surface area contributed by atoms with Crippen molar-refractivity contribution >= 4 is 5.69 Å². The fourth-order valence-electron chi connectivity index (χ4n) is 1.91. The molecule has 0 bridgehead atoms. The van der Waals surface area contributed by atoms with E-state index in [4.69, 9.17) is 4.84 Å². The summed E-state index contributed by atoms with van der Waals surface area (Å²) in [6.45, 7) is 6.86. The van der Waals surface area contributed by atoms with E-state index in [1.165, 1.54) is 16.8 Å². The lowest BCUT2D eigenvalue weighted by Gasteiger charge is -2.11. The molecule has 0 fully saturated rings. The Labute approximate surface area is 97.1 Å². The molecule has 0 radical (unpaired) electrons. The molecule has 0 saturated carbocycles. The van der Waals surface area contributed by atoms with E-state index >= 15 is 0 Å². The standard InChI is InChI=1S/C13H20N2O/c1-10(2)9-16-15-8-12-5-3-4-11-6-7-14-13(11)12/h3-5,10,14-15H,6-9H2,1-2H3. The van der Waals surface area contributed by atoms with E-state index in [1.807, 2.05) is 0 Å². The maximum atomic E-state index is 5.38. The zero-order valence-electron chi connectivity index (χ0n) is 10.0. The fourth-order valence-corrected chi connectivity index (χ4v) is 1.91. The molecule has 0 atom stereocenters. The lowest BCUT2D eigenvalue weighted by atomic mass is 10.1. The quantitative estimate of drug-likeness (QED) is 0.590. The van der Waals surface area contributed by atoms with E-state index < -0.39 is 0 Å². The Bertz CT molecular complexity index is 350. The zero-order chi connectivity index (χ0) is 11.4. The first kappa shape index (κ1) is 11.4. The highest BCUT2D eigenvalue weighted by molar-refractivity contribution is 5.61. The molecule has 1 aromatic carbocycles. The third kappa shape index (κ3) is 2.74. The monoisotopic (exact) mass is 220 g/mol. The Hall–Kier alpha value is -1.06. The van der Waals surface area contributed by atoms with Crippen molar-refractivity contribution in [3.8, 4) is 0 Å². The number of hydrogen-bond acceptors (Lipinski definition) is 3. The van der Waals surface area contributed by atoms with Crippen LogP contribution in [0.5, 0.6) is 0 Å². The first-order chi connectivity index (χ1) is 7.77. The number of hydrogen-bond donors (Lipinski definition) is 2. The van der Waals surface area contributed by atoms with Crippen molar-refractivity contribution in [3.05, 3.63) is 29.3 Å². The second kappa shape index (κ2) is 5.32. The molecule has 0 saturated heterocycles. The van der Waals surface area contributed by atoms with Gasteiger partial charge < -0.3 is 10.2 Å². The van der Waals surface area contributed by atoms with Gasteiger partial charge >= 0.3 is 0 Å². The van der Waals surface area contributed by atoms with Crippen LogP contribution in [0.15, 0.2) is 18.2 Å². The predicted octanol–water partition coefficient (Wildman–Crippen LogP) is 2.33. The molecule has 0 aliphatic carbocycles. The Morgan fingerprint density at radius 3 is 3.12 bits per heavy atom. The van der Waals surface area contributed by atoms with Gasteiger partial charge in [-0.2, -0.15) is 5.48 Å². The topological polar surface area (TPSA) is 33.3 Å². The summed E-state index contributed by atoms with van der Waals surface area (Å²) < 4.78 is 0. The fraction of sp³-hybridized carbons (Fsp3) is 0.538. The molecule has 0 aromatic heterocycles. The van der Waals surface area contributed by atoms with Crippen LogP contribution in [0.2, 0.25) is 0 Å². The van der Waals surface area contributed by atoms with Crippen molar-refractivity contribution in [2.45, 2.75) is 26.8 Å². The second-order valence-corrected chi connectivity index (χ2v) is 4.65. The highest BCUT2D eigenvalue weighted by Gasteiger charge is 2.12. The van der Waals surface area contributed by atoms with E-state index in [-0.39, 0.29) is 0 Å². The second-order valence-electron chi connectivity index (χ2n) is 4.65. The SMILES string of the molecule is CC(C)CONCc1cccc2c1NCC2.